The number of nitro groups is 1. The van der Waals surface area contributed by atoms with Crippen LogP contribution in [0, 0.1) is 10.1 Å². The number of hydrogen-bond acceptors (Lipinski definition) is 9. The van der Waals surface area contributed by atoms with Crippen LogP contribution >= 0.6 is 0 Å². The largest absolute Gasteiger partial charge is 0.497 e. The summed E-state index contributed by atoms with van der Waals surface area (Å²) in [6.07, 6.45) is 3.87. The van der Waals surface area contributed by atoms with E-state index in [1.54, 1.807) is 19.2 Å². The van der Waals surface area contributed by atoms with Gasteiger partial charge in [0.25, 0.3) is 5.69 Å². The monoisotopic (exact) mass is 542 g/mol. The number of benzene rings is 3. The molecule has 1 aromatic heterocycles. The minimum atomic E-state index is -0.381. The summed E-state index contributed by atoms with van der Waals surface area (Å²) in [5.74, 6) is 3.50. The minimum absolute atomic E-state index is 0.0410. The van der Waals surface area contributed by atoms with Crippen LogP contribution in [-0.4, -0.2) is 48.2 Å². The van der Waals surface area contributed by atoms with Gasteiger partial charge in [0, 0.05) is 55.8 Å². The van der Waals surface area contributed by atoms with Crippen LogP contribution in [0.5, 0.6) is 17.2 Å². The van der Waals surface area contributed by atoms with Crippen molar-refractivity contribution in [3.8, 4) is 17.2 Å². The first-order chi connectivity index (χ1) is 19.4. The van der Waals surface area contributed by atoms with Crippen LogP contribution in [0.3, 0.4) is 0 Å². The number of para-hydroxylation sites is 1. The topological polar surface area (TPSA) is 115 Å². The van der Waals surface area contributed by atoms with E-state index in [0.717, 1.165) is 53.7 Å². The van der Waals surface area contributed by atoms with E-state index >= 15 is 0 Å². The molecule has 208 valence electrons. The summed E-state index contributed by atoms with van der Waals surface area (Å²) in [6.45, 7) is 0.468. The Morgan fingerprint density at radius 1 is 0.950 bits per heavy atom. The van der Waals surface area contributed by atoms with Crippen molar-refractivity contribution in [2.75, 3.05) is 31.4 Å². The Bertz CT molecular complexity index is 1470. The molecule has 0 saturated heterocycles. The third-order valence-electron chi connectivity index (χ3n) is 7.19. The van der Waals surface area contributed by atoms with Gasteiger partial charge in [-0.25, -0.2) is 4.98 Å². The average Bonchev–Trinajstić information content (AvgIpc) is 2.97. The number of non-ortho nitro benzene ring substituents is 1. The van der Waals surface area contributed by atoms with Crippen LogP contribution in [0.25, 0.3) is 10.9 Å². The molecule has 4 aromatic rings. The zero-order valence-corrected chi connectivity index (χ0v) is 23.0. The van der Waals surface area contributed by atoms with Crippen LogP contribution < -0.4 is 25.0 Å². The van der Waals surface area contributed by atoms with Crippen molar-refractivity contribution in [3.05, 3.63) is 82.4 Å². The number of methoxy groups -OCH3 is 1. The highest BCUT2D eigenvalue weighted by atomic mass is 16.6. The van der Waals surface area contributed by atoms with E-state index in [4.69, 9.17) is 19.4 Å². The molecule has 3 aromatic carbocycles. The number of fused-ring (bicyclic) bond motifs is 1. The van der Waals surface area contributed by atoms with Gasteiger partial charge >= 0.3 is 0 Å². The molecule has 5 rings (SSSR count). The number of nitrogens with one attached hydrogen (secondary N) is 2. The molecule has 1 saturated carbocycles. The van der Waals surface area contributed by atoms with E-state index in [0.29, 0.717) is 30.0 Å². The van der Waals surface area contributed by atoms with E-state index in [2.05, 4.69) is 10.6 Å². The SMILES string of the molecule is COc1ccc(Oc2ccc([N+](=O)[O-])cc2CNC2CCC(Nc3nc(N(C)C)c4ccccc4n3)CC2)cc1. The van der Waals surface area contributed by atoms with Gasteiger partial charge in [0.2, 0.25) is 5.95 Å². The zero-order valence-electron chi connectivity index (χ0n) is 23.0. The van der Waals surface area contributed by atoms with Crippen LogP contribution in [-0.2, 0) is 6.54 Å². The molecular formula is C30H34N6O4. The molecule has 1 heterocycles. The average molecular weight is 543 g/mol. The molecule has 1 aliphatic rings. The molecule has 1 aliphatic carbocycles. The Kier molecular flexibility index (Phi) is 8.26. The van der Waals surface area contributed by atoms with Crippen molar-refractivity contribution < 1.29 is 14.4 Å². The molecule has 2 N–H and O–H groups in total. The van der Waals surface area contributed by atoms with Crippen LogP contribution in [0.4, 0.5) is 17.5 Å². The molecule has 0 spiro atoms. The van der Waals surface area contributed by atoms with Crippen molar-refractivity contribution in [1.82, 2.24) is 15.3 Å². The quantitative estimate of drug-likeness (QED) is 0.186. The van der Waals surface area contributed by atoms with Crippen LogP contribution in [0.15, 0.2) is 66.7 Å². The first kappa shape index (κ1) is 27.1. The second kappa shape index (κ2) is 12.2. The lowest BCUT2D eigenvalue weighted by Gasteiger charge is -2.30. The summed E-state index contributed by atoms with van der Waals surface area (Å²) >= 11 is 0. The van der Waals surface area contributed by atoms with Crippen molar-refractivity contribution in [2.45, 2.75) is 44.3 Å². The fourth-order valence-electron chi connectivity index (χ4n) is 5.03. The predicted molar refractivity (Wildman–Crippen MR) is 157 cm³/mol. The van der Waals surface area contributed by atoms with E-state index in [1.807, 2.05) is 67.5 Å². The smallest absolute Gasteiger partial charge is 0.270 e. The lowest BCUT2D eigenvalue weighted by molar-refractivity contribution is -0.384. The number of hydrogen-bond donors (Lipinski definition) is 2. The van der Waals surface area contributed by atoms with Crippen molar-refractivity contribution in [3.63, 3.8) is 0 Å². The van der Waals surface area contributed by atoms with Gasteiger partial charge in [0.1, 0.15) is 23.1 Å². The van der Waals surface area contributed by atoms with Crippen molar-refractivity contribution >= 4 is 28.4 Å². The molecule has 1 fully saturated rings. The maximum absolute atomic E-state index is 11.4. The van der Waals surface area contributed by atoms with Gasteiger partial charge in [-0.05, 0) is 68.1 Å². The summed E-state index contributed by atoms with van der Waals surface area (Å²) in [6, 6.07) is 20.6. The Balaban J connectivity index is 1.21. The van der Waals surface area contributed by atoms with Gasteiger partial charge in [0.15, 0.2) is 0 Å². The van der Waals surface area contributed by atoms with Gasteiger partial charge in [-0.3, -0.25) is 10.1 Å². The summed E-state index contributed by atoms with van der Waals surface area (Å²) in [4.78, 5) is 22.6. The normalized spacial score (nSPS) is 16.9. The third kappa shape index (κ3) is 6.40. The second-order valence-electron chi connectivity index (χ2n) is 10.2. The summed E-state index contributed by atoms with van der Waals surface area (Å²) in [5, 5.41) is 19.6. The summed E-state index contributed by atoms with van der Waals surface area (Å²) < 4.78 is 11.3. The van der Waals surface area contributed by atoms with E-state index < -0.39 is 0 Å². The standard InChI is InChI=1S/C30H34N6O4/c1-35(2)29-26-6-4-5-7-27(26)33-30(34-29)32-22-10-8-21(9-11-22)31-19-20-18-23(36(37)38)12-17-28(20)40-25-15-13-24(39-3)14-16-25/h4-7,12-18,21-22,31H,8-11,19H2,1-3H3,(H,32,33,34). The highest BCUT2D eigenvalue weighted by molar-refractivity contribution is 5.90. The van der Waals surface area contributed by atoms with E-state index in [1.165, 1.54) is 6.07 Å². The summed E-state index contributed by atoms with van der Waals surface area (Å²) in [5.41, 5.74) is 1.70. The molecule has 0 bridgehead atoms. The van der Waals surface area contributed by atoms with Gasteiger partial charge in [-0.1, -0.05) is 12.1 Å². The van der Waals surface area contributed by atoms with E-state index in [9.17, 15) is 10.1 Å². The van der Waals surface area contributed by atoms with Gasteiger partial charge in [-0.15, -0.1) is 0 Å². The molecular weight excluding hydrogens is 508 g/mol. The molecule has 40 heavy (non-hydrogen) atoms. The van der Waals surface area contributed by atoms with Gasteiger partial charge < -0.3 is 25.0 Å². The molecule has 0 amide bonds. The van der Waals surface area contributed by atoms with Crippen LogP contribution in [0.1, 0.15) is 31.2 Å². The fourth-order valence-corrected chi connectivity index (χ4v) is 5.03. The minimum Gasteiger partial charge on any atom is -0.497 e. The van der Waals surface area contributed by atoms with Crippen molar-refractivity contribution in [2.24, 2.45) is 0 Å². The fraction of sp³-hybridized carbons (Fsp3) is 0.333. The number of rotatable bonds is 10. The Morgan fingerprint density at radius 3 is 2.35 bits per heavy atom. The number of aromatic nitrogens is 2. The lowest BCUT2D eigenvalue weighted by Crippen LogP contribution is -2.37. The Labute approximate surface area is 233 Å². The highest BCUT2D eigenvalue weighted by Gasteiger charge is 2.23. The Hall–Kier alpha value is -4.44. The summed E-state index contributed by atoms with van der Waals surface area (Å²) in [7, 11) is 5.59. The third-order valence-corrected chi connectivity index (χ3v) is 7.19. The molecule has 10 heteroatoms. The molecule has 0 aliphatic heterocycles. The molecule has 0 atom stereocenters. The number of nitrogens with zero attached hydrogens (tertiary/aromatic N) is 4. The highest BCUT2D eigenvalue weighted by Crippen LogP contribution is 2.31. The maximum Gasteiger partial charge on any atom is 0.270 e. The van der Waals surface area contributed by atoms with Gasteiger partial charge in [-0.2, -0.15) is 4.98 Å². The first-order valence-corrected chi connectivity index (χ1v) is 13.4. The molecule has 0 radical (unpaired) electrons. The van der Waals surface area contributed by atoms with Crippen LogP contribution in [0.2, 0.25) is 0 Å². The predicted octanol–water partition coefficient (Wildman–Crippen LogP) is 5.92. The Morgan fingerprint density at radius 2 is 1.65 bits per heavy atom. The van der Waals surface area contributed by atoms with E-state index in [-0.39, 0.29) is 16.7 Å². The van der Waals surface area contributed by atoms with Gasteiger partial charge in [0.05, 0.1) is 17.5 Å². The number of nitro benzene ring substituents is 1. The first-order valence-electron chi connectivity index (χ1n) is 13.4. The number of ether oxygens (including phenoxy) is 2. The lowest BCUT2D eigenvalue weighted by atomic mass is 9.91. The zero-order chi connectivity index (χ0) is 28.1. The van der Waals surface area contributed by atoms with Crippen molar-refractivity contribution in [1.29, 1.82) is 0 Å². The second-order valence-corrected chi connectivity index (χ2v) is 10.2. The molecule has 10 nitrogen and oxygen atoms in total. The number of anilines is 2. The maximum atomic E-state index is 11.4. The molecule has 0 unspecified atom stereocenters.